The summed E-state index contributed by atoms with van der Waals surface area (Å²) in [7, 11) is 0. The van der Waals surface area contributed by atoms with E-state index < -0.39 is 0 Å². The van der Waals surface area contributed by atoms with Gasteiger partial charge < -0.3 is 10.1 Å². The SMILES string of the molecule is CCOC(=O)C=Cc1cnc(NC2CCN(Cc3ccccc3)CC2)c(Cl)c1. The van der Waals surface area contributed by atoms with Gasteiger partial charge in [0.2, 0.25) is 0 Å². The third-order valence-electron chi connectivity index (χ3n) is 4.74. The summed E-state index contributed by atoms with van der Waals surface area (Å²) in [5.74, 6) is 0.319. The average molecular weight is 400 g/mol. The Morgan fingerprint density at radius 1 is 1.32 bits per heavy atom. The maximum Gasteiger partial charge on any atom is 0.330 e. The fourth-order valence-electron chi connectivity index (χ4n) is 3.28. The van der Waals surface area contributed by atoms with E-state index in [-0.39, 0.29) is 5.97 Å². The van der Waals surface area contributed by atoms with Gasteiger partial charge in [0.05, 0.1) is 11.6 Å². The molecule has 5 nitrogen and oxygen atoms in total. The first kappa shape index (κ1) is 20.4. The van der Waals surface area contributed by atoms with Gasteiger partial charge in [-0.05, 0) is 43.0 Å². The van der Waals surface area contributed by atoms with E-state index in [1.54, 1.807) is 25.3 Å². The van der Waals surface area contributed by atoms with E-state index in [9.17, 15) is 4.79 Å². The molecule has 3 rings (SSSR count). The molecule has 0 spiro atoms. The van der Waals surface area contributed by atoms with Crippen molar-refractivity contribution in [3.05, 3.63) is 64.8 Å². The maximum atomic E-state index is 11.4. The molecule has 1 aromatic heterocycles. The molecule has 0 saturated carbocycles. The summed E-state index contributed by atoms with van der Waals surface area (Å²) < 4.78 is 4.87. The van der Waals surface area contributed by atoms with Gasteiger partial charge in [0.15, 0.2) is 0 Å². The number of aromatic nitrogens is 1. The van der Waals surface area contributed by atoms with E-state index in [4.69, 9.17) is 16.3 Å². The lowest BCUT2D eigenvalue weighted by atomic mass is 10.0. The third kappa shape index (κ3) is 6.08. The highest BCUT2D eigenvalue weighted by molar-refractivity contribution is 6.33. The summed E-state index contributed by atoms with van der Waals surface area (Å²) in [6.45, 7) is 5.22. The second-order valence-electron chi connectivity index (χ2n) is 6.86. The molecule has 1 fully saturated rings. The number of carbonyl (C=O) groups excluding carboxylic acids is 1. The lowest BCUT2D eigenvalue weighted by Gasteiger charge is -2.32. The van der Waals surface area contributed by atoms with Gasteiger partial charge >= 0.3 is 5.97 Å². The Bertz CT molecular complexity index is 803. The molecule has 1 aromatic carbocycles. The molecule has 1 N–H and O–H groups in total. The number of esters is 1. The highest BCUT2D eigenvalue weighted by Gasteiger charge is 2.20. The summed E-state index contributed by atoms with van der Waals surface area (Å²) in [5, 5.41) is 4.01. The van der Waals surface area contributed by atoms with E-state index >= 15 is 0 Å². The van der Waals surface area contributed by atoms with E-state index in [0.29, 0.717) is 23.5 Å². The highest BCUT2D eigenvalue weighted by atomic mass is 35.5. The minimum absolute atomic E-state index is 0.356. The van der Waals surface area contributed by atoms with Crippen LogP contribution in [0, 0.1) is 0 Å². The summed E-state index contributed by atoms with van der Waals surface area (Å²) in [5.41, 5.74) is 2.12. The number of hydrogen-bond acceptors (Lipinski definition) is 5. The molecule has 28 heavy (non-hydrogen) atoms. The zero-order chi connectivity index (χ0) is 19.8. The molecule has 0 radical (unpaired) electrons. The molecule has 0 atom stereocenters. The van der Waals surface area contributed by atoms with E-state index in [1.165, 1.54) is 11.6 Å². The molecule has 2 aromatic rings. The number of piperidine rings is 1. The molecular weight excluding hydrogens is 374 g/mol. The fourth-order valence-corrected chi connectivity index (χ4v) is 3.50. The summed E-state index contributed by atoms with van der Waals surface area (Å²) in [6, 6.07) is 12.7. The van der Waals surface area contributed by atoms with Crippen LogP contribution in [0.1, 0.15) is 30.9 Å². The van der Waals surface area contributed by atoms with Crippen LogP contribution in [0.15, 0.2) is 48.7 Å². The Morgan fingerprint density at radius 2 is 2.07 bits per heavy atom. The van der Waals surface area contributed by atoms with Crippen LogP contribution in [0.25, 0.3) is 6.08 Å². The lowest BCUT2D eigenvalue weighted by Crippen LogP contribution is -2.38. The van der Waals surface area contributed by atoms with Crippen LogP contribution in [-0.4, -0.2) is 41.6 Å². The number of carbonyl (C=O) groups is 1. The van der Waals surface area contributed by atoms with Crippen molar-refractivity contribution in [2.24, 2.45) is 0 Å². The lowest BCUT2D eigenvalue weighted by molar-refractivity contribution is -0.137. The normalized spacial score (nSPS) is 15.6. The van der Waals surface area contributed by atoms with Crippen LogP contribution < -0.4 is 5.32 Å². The molecule has 2 heterocycles. The molecular formula is C22H26ClN3O2. The van der Waals surface area contributed by atoms with Crippen molar-refractivity contribution >= 4 is 29.5 Å². The van der Waals surface area contributed by atoms with Crippen LogP contribution in [0.3, 0.4) is 0 Å². The van der Waals surface area contributed by atoms with Crippen molar-refractivity contribution in [2.45, 2.75) is 32.4 Å². The van der Waals surface area contributed by atoms with Gasteiger partial charge in [-0.2, -0.15) is 0 Å². The van der Waals surface area contributed by atoms with Crippen molar-refractivity contribution in [1.82, 2.24) is 9.88 Å². The summed E-state index contributed by atoms with van der Waals surface area (Å²) in [4.78, 5) is 18.3. The predicted octanol–water partition coefficient (Wildman–Crippen LogP) is 4.39. The van der Waals surface area contributed by atoms with Gasteiger partial charge in [0.25, 0.3) is 0 Å². The van der Waals surface area contributed by atoms with Crippen molar-refractivity contribution in [1.29, 1.82) is 0 Å². The second-order valence-corrected chi connectivity index (χ2v) is 7.27. The first-order valence-electron chi connectivity index (χ1n) is 9.67. The molecule has 0 aliphatic carbocycles. The Kier molecular flexibility index (Phi) is 7.46. The standard InChI is InChI=1S/C22H26ClN3O2/c1-2-28-21(27)9-8-18-14-20(23)22(24-15-18)25-19-10-12-26(13-11-19)16-17-6-4-3-5-7-17/h3-9,14-15,19H,2,10-13,16H2,1H3,(H,24,25). The summed E-state index contributed by atoms with van der Waals surface area (Å²) in [6.07, 6.45) is 6.84. The zero-order valence-electron chi connectivity index (χ0n) is 16.1. The predicted molar refractivity (Wildman–Crippen MR) is 113 cm³/mol. The molecule has 1 saturated heterocycles. The highest BCUT2D eigenvalue weighted by Crippen LogP contribution is 2.24. The molecule has 0 unspecified atom stereocenters. The minimum atomic E-state index is -0.372. The van der Waals surface area contributed by atoms with Crippen LogP contribution >= 0.6 is 11.6 Å². The van der Waals surface area contributed by atoms with Crippen LogP contribution in [0.4, 0.5) is 5.82 Å². The van der Waals surface area contributed by atoms with Gasteiger partial charge in [-0.3, -0.25) is 4.90 Å². The Morgan fingerprint density at radius 3 is 2.75 bits per heavy atom. The number of rotatable bonds is 7. The Labute approximate surface area is 171 Å². The van der Waals surface area contributed by atoms with E-state index in [2.05, 4.69) is 39.5 Å². The Balaban J connectivity index is 1.50. The van der Waals surface area contributed by atoms with Gasteiger partial charge in [-0.1, -0.05) is 41.9 Å². The summed E-state index contributed by atoms with van der Waals surface area (Å²) >= 11 is 6.38. The largest absolute Gasteiger partial charge is 0.463 e. The zero-order valence-corrected chi connectivity index (χ0v) is 16.9. The van der Waals surface area contributed by atoms with Crippen molar-refractivity contribution in [2.75, 3.05) is 25.0 Å². The molecule has 0 amide bonds. The monoisotopic (exact) mass is 399 g/mol. The Hall–Kier alpha value is -2.37. The number of ether oxygens (including phenoxy) is 1. The number of nitrogens with zero attached hydrogens (tertiary/aromatic N) is 2. The fraction of sp³-hybridized carbons (Fsp3) is 0.364. The smallest absolute Gasteiger partial charge is 0.330 e. The molecule has 6 heteroatoms. The number of likely N-dealkylation sites (tertiary alicyclic amines) is 1. The number of hydrogen-bond donors (Lipinski definition) is 1. The molecule has 1 aliphatic rings. The van der Waals surface area contributed by atoms with Gasteiger partial charge in [0.1, 0.15) is 5.82 Å². The topological polar surface area (TPSA) is 54.5 Å². The minimum Gasteiger partial charge on any atom is -0.463 e. The first-order chi connectivity index (χ1) is 13.6. The number of anilines is 1. The van der Waals surface area contributed by atoms with Gasteiger partial charge in [0, 0.05) is 37.9 Å². The van der Waals surface area contributed by atoms with Crippen LogP contribution in [-0.2, 0) is 16.1 Å². The van der Waals surface area contributed by atoms with Gasteiger partial charge in [-0.25, -0.2) is 9.78 Å². The first-order valence-corrected chi connectivity index (χ1v) is 10.0. The quantitative estimate of drug-likeness (QED) is 0.552. The van der Waals surface area contributed by atoms with Crippen molar-refractivity contribution in [3.8, 4) is 0 Å². The average Bonchev–Trinajstić information content (AvgIpc) is 2.71. The van der Waals surface area contributed by atoms with Crippen LogP contribution in [0.5, 0.6) is 0 Å². The molecule has 1 aliphatic heterocycles. The van der Waals surface area contributed by atoms with E-state index in [1.807, 2.05) is 6.07 Å². The van der Waals surface area contributed by atoms with E-state index in [0.717, 1.165) is 38.0 Å². The maximum absolute atomic E-state index is 11.4. The number of pyridine rings is 1. The number of nitrogens with one attached hydrogen (secondary N) is 1. The third-order valence-corrected chi connectivity index (χ3v) is 5.03. The second kappa shape index (κ2) is 10.2. The molecule has 0 bridgehead atoms. The van der Waals surface area contributed by atoms with Crippen LogP contribution in [0.2, 0.25) is 5.02 Å². The van der Waals surface area contributed by atoms with Crippen molar-refractivity contribution in [3.63, 3.8) is 0 Å². The van der Waals surface area contributed by atoms with Crippen molar-refractivity contribution < 1.29 is 9.53 Å². The number of halogens is 1. The molecule has 148 valence electrons. The van der Waals surface area contributed by atoms with Gasteiger partial charge in [-0.15, -0.1) is 0 Å². The number of benzene rings is 1.